The molecule has 0 saturated carbocycles. The quantitative estimate of drug-likeness (QED) is 0.405. The minimum absolute atomic E-state index is 0.0473. The van der Waals surface area contributed by atoms with Crippen LogP contribution >= 0.6 is 0 Å². The molecule has 0 aliphatic carbocycles. The summed E-state index contributed by atoms with van der Waals surface area (Å²) in [5.74, 6) is -0.111. The minimum atomic E-state index is -0.745. The first-order valence-electron chi connectivity index (χ1n) is 3.41. The molecular weight excluding hydrogens is 132 g/mol. The van der Waals surface area contributed by atoms with Crippen LogP contribution in [0.3, 0.4) is 0 Å². The highest BCUT2D eigenvalue weighted by Crippen LogP contribution is 2.06. The first-order valence-corrected chi connectivity index (χ1v) is 3.41. The summed E-state index contributed by atoms with van der Waals surface area (Å²) in [5.41, 5.74) is 5.54. The molecule has 58 valence electrons. The van der Waals surface area contributed by atoms with E-state index in [0.29, 0.717) is 19.3 Å². The predicted molar refractivity (Wildman–Crippen MR) is 36.0 cm³/mol. The standard InChI is InChI=1S/C6H12N2O2/c7-4-1-2-5(9)8-6(10)3-4/h4,6,10H,1-3,7H2,(H,8,9). The van der Waals surface area contributed by atoms with E-state index < -0.39 is 6.23 Å². The van der Waals surface area contributed by atoms with E-state index >= 15 is 0 Å². The number of hydrogen-bond donors (Lipinski definition) is 3. The number of aliphatic hydroxyl groups is 1. The molecule has 1 heterocycles. The molecule has 0 bridgehead atoms. The highest BCUT2D eigenvalue weighted by atomic mass is 16.3. The summed E-state index contributed by atoms with van der Waals surface area (Å²) in [6.45, 7) is 0. The van der Waals surface area contributed by atoms with E-state index in [0.717, 1.165) is 0 Å². The van der Waals surface area contributed by atoms with Crippen molar-refractivity contribution >= 4 is 5.91 Å². The average molecular weight is 144 g/mol. The molecule has 1 rings (SSSR count). The summed E-state index contributed by atoms with van der Waals surface area (Å²) < 4.78 is 0. The second kappa shape index (κ2) is 2.98. The van der Waals surface area contributed by atoms with E-state index in [-0.39, 0.29) is 11.9 Å². The van der Waals surface area contributed by atoms with Gasteiger partial charge in [-0.05, 0) is 6.42 Å². The number of rotatable bonds is 0. The third-order valence-electron chi connectivity index (χ3n) is 1.60. The van der Waals surface area contributed by atoms with Gasteiger partial charge in [0.1, 0.15) is 6.23 Å². The topological polar surface area (TPSA) is 75.4 Å². The first kappa shape index (κ1) is 7.50. The van der Waals surface area contributed by atoms with Gasteiger partial charge in [-0.2, -0.15) is 0 Å². The van der Waals surface area contributed by atoms with Crippen molar-refractivity contribution < 1.29 is 9.90 Å². The molecule has 4 N–H and O–H groups in total. The van der Waals surface area contributed by atoms with Crippen molar-refractivity contribution in [3.8, 4) is 0 Å². The minimum Gasteiger partial charge on any atom is -0.374 e. The van der Waals surface area contributed by atoms with Crippen molar-refractivity contribution in [2.75, 3.05) is 0 Å². The fourth-order valence-corrected chi connectivity index (χ4v) is 1.04. The van der Waals surface area contributed by atoms with E-state index in [2.05, 4.69) is 5.32 Å². The van der Waals surface area contributed by atoms with Gasteiger partial charge in [-0.15, -0.1) is 0 Å². The Kier molecular flexibility index (Phi) is 2.24. The largest absolute Gasteiger partial charge is 0.374 e. The third-order valence-corrected chi connectivity index (χ3v) is 1.60. The third kappa shape index (κ3) is 1.97. The molecule has 0 spiro atoms. The Bertz CT molecular complexity index is 138. The van der Waals surface area contributed by atoms with Crippen LogP contribution in [0.4, 0.5) is 0 Å². The lowest BCUT2D eigenvalue weighted by Crippen LogP contribution is -2.34. The number of carbonyl (C=O) groups is 1. The van der Waals surface area contributed by atoms with Gasteiger partial charge in [0.25, 0.3) is 0 Å². The number of hydrogen-bond acceptors (Lipinski definition) is 3. The van der Waals surface area contributed by atoms with Crippen molar-refractivity contribution in [2.24, 2.45) is 5.73 Å². The number of amides is 1. The number of aliphatic hydroxyl groups excluding tert-OH is 1. The maximum atomic E-state index is 10.7. The lowest BCUT2D eigenvalue weighted by Gasteiger charge is -2.10. The Hall–Kier alpha value is -0.610. The highest BCUT2D eigenvalue weighted by Gasteiger charge is 2.18. The Morgan fingerprint density at radius 1 is 1.70 bits per heavy atom. The second-order valence-electron chi connectivity index (χ2n) is 2.62. The molecule has 0 radical (unpaired) electrons. The molecule has 4 heteroatoms. The van der Waals surface area contributed by atoms with Gasteiger partial charge in [-0.3, -0.25) is 4.79 Å². The van der Waals surface area contributed by atoms with Crippen LogP contribution < -0.4 is 11.1 Å². The van der Waals surface area contributed by atoms with E-state index in [1.807, 2.05) is 0 Å². The zero-order valence-electron chi connectivity index (χ0n) is 5.71. The van der Waals surface area contributed by atoms with Crippen LogP contribution in [-0.2, 0) is 4.79 Å². The molecule has 1 aliphatic heterocycles. The van der Waals surface area contributed by atoms with Crippen LogP contribution in [0.15, 0.2) is 0 Å². The van der Waals surface area contributed by atoms with Gasteiger partial charge in [0.15, 0.2) is 0 Å². The molecule has 2 atom stereocenters. The van der Waals surface area contributed by atoms with Gasteiger partial charge < -0.3 is 16.2 Å². The molecule has 10 heavy (non-hydrogen) atoms. The molecule has 2 unspecified atom stereocenters. The van der Waals surface area contributed by atoms with Gasteiger partial charge in [-0.1, -0.05) is 0 Å². The van der Waals surface area contributed by atoms with Gasteiger partial charge in [0.2, 0.25) is 5.91 Å². The molecule has 0 aromatic heterocycles. The second-order valence-corrected chi connectivity index (χ2v) is 2.62. The van der Waals surface area contributed by atoms with Crippen LogP contribution in [0.1, 0.15) is 19.3 Å². The van der Waals surface area contributed by atoms with Gasteiger partial charge >= 0.3 is 0 Å². The zero-order valence-corrected chi connectivity index (χ0v) is 5.71. The normalized spacial score (nSPS) is 34.8. The van der Waals surface area contributed by atoms with Crippen molar-refractivity contribution in [1.82, 2.24) is 5.32 Å². The fraction of sp³-hybridized carbons (Fsp3) is 0.833. The van der Waals surface area contributed by atoms with Gasteiger partial charge in [-0.25, -0.2) is 0 Å². The van der Waals surface area contributed by atoms with E-state index in [1.165, 1.54) is 0 Å². The van der Waals surface area contributed by atoms with Crippen molar-refractivity contribution in [2.45, 2.75) is 31.5 Å². The van der Waals surface area contributed by atoms with Crippen molar-refractivity contribution in [3.05, 3.63) is 0 Å². The Labute approximate surface area is 59.4 Å². The van der Waals surface area contributed by atoms with Crippen molar-refractivity contribution in [1.29, 1.82) is 0 Å². The molecule has 1 aliphatic rings. The average Bonchev–Trinajstić information content (AvgIpc) is 1.93. The van der Waals surface area contributed by atoms with E-state index in [1.54, 1.807) is 0 Å². The lowest BCUT2D eigenvalue weighted by molar-refractivity contribution is -0.123. The zero-order chi connectivity index (χ0) is 7.56. The molecule has 1 saturated heterocycles. The Balaban J connectivity index is 2.46. The SMILES string of the molecule is NC1CCC(=O)NC(O)C1. The van der Waals surface area contributed by atoms with Crippen LogP contribution in [0.5, 0.6) is 0 Å². The predicted octanol–water partition coefficient (Wildman–Crippen LogP) is -1.07. The van der Waals surface area contributed by atoms with Crippen LogP contribution in [-0.4, -0.2) is 23.3 Å². The molecule has 0 aromatic rings. The lowest BCUT2D eigenvalue weighted by atomic mass is 10.1. The van der Waals surface area contributed by atoms with Crippen LogP contribution in [0.2, 0.25) is 0 Å². The molecule has 1 amide bonds. The maximum absolute atomic E-state index is 10.7. The van der Waals surface area contributed by atoms with E-state index in [9.17, 15) is 4.79 Å². The Morgan fingerprint density at radius 3 is 3.10 bits per heavy atom. The van der Waals surface area contributed by atoms with E-state index in [4.69, 9.17) is 10.8 Å². The summed E-state index contributed by atoms with van der Waals surface area (Å²) >= 11 is 0. The number of nitrogens with one attached hydrogen (secondary N) is 1. The molecule has 4 nitrogen and oxygen atoms in total. The summed E-state index contributed by atoms with van der Waals surface area (Å²) in [6.07, 6.45) is 0.817. The number of nitrogens with two attached hydrogens (primary N) is 1. The Morgan fingerprint density at radius 2 is 2.40 bits per heavy atom. The number of carbonyl (C=O) groups excluding carboxylic acids is 1. The van der Waals surface area contributed by atoms with Crippen LogP contribution in [0.25, 0.3) is 0 Å². The molecular formula is C6H12N2O2. The highest BCUT2D eigenvalue weighted by molar-refractivity contribution is 5.76. The summed E-state index contributed by atoms with van der Waals surface area (Å²) in [6, 6.07) is -0.0473. The smallest absolute Gasteiger partial charge is 0.222 e. The van der Waals surface area contributed by atoms with Gasteiger partial charge in [0, 0.05) is 18.9 Å². The first-order chi connectivity index (χ1) is 4.68. The van der Waals surface area contributed by atoms with Crippen molar-refractivity contribution in [3.63, 3.8) is 0 Å². The molecule has 0 aromatic carbocycles. The monoisotopic (exact) mass is 144 g/mol. The summed E-state index contributed by atoms with van der Waals surface area (Å²) in [4.78, 5) is 10.7. The molecule has 1 fully saturated rings. The van der Waals surface area contributed by atoms with Crippen LogP contribution in [0, 0.1) is 0 Å². The van der Waals surface area contributed by atoms with Gasteiger partial charge in [0.05, 0.1) is 0 Å². The maximum Gasteiger partial charge on any atom is 0.222 e. The summed E-state index contributed by atoms with van der Waals surface area (Å²) in [7, 11) is 0. The fourth-order valence-electron chi connectivity index (χ4n) is 1.04. The summed E-state index contributed by atoms with van der Waals surface area (Å²) in [5, 5.41) is 11.4.